The summed E-state index contributed by atoms with van der Waals surface area (Å²) in [7, 11) is 1.46. The number of anilines is 1. The lowest BCUT2D eigenvalue weighted by Crippen LogP contribution is -2.29. The summed E-state index contributed by atoms with van der Waals surface area (Å²) >= 11 is 6.17. The van der Waals surface area contributed by atoms with Crippen LogP contribution in [-0.2, 0) is 15.0 Å². The number of hydrogen-bond acceptors (Lipinski definition) is 5. The molecule has 0 aromatic heterocycles. The van der Waals surface area contributed by atoms with Gasteiger partial charge in [-0.1, -0.05) is 62.7 Å². The van der Waals surface area contributed by atoms with E-state index in [2.05, 4.69) is 20.8 Å². The average Bonchev–Trinajstić information content (AvgIpc) is 3.14. The number of halogens is 1. The number of methoxy groups -OCH3 is 1. The minimum absolute atomic E-state index is 0.0142. The summed E-state index contributed by atoms with van der Waals surface area (Å²) in [6.45, 7) is 8.66. The lowest BCUT2D eigenvalue weighted by atomic mass is 9.85. The highest BCUT2D eigenvalue weighted by molar-refractivity contribution is 6.51. The van der Waals surface area contributed by atoms with Crippen LogP contribution in [0, 0.1) is 0 Å². The number of rotatable bonds is 6. The van der Waals surface area contributed by atoms with Gasteiger partial charge in [-0.15, -0.1) is 0 Å². The molecular formula is C30H30ClNO5. The number of amides is 1. The molecule has 37 heavy (non-hydrogen) atoms. The van der Waals surface area contributed by atoms with E-state index in [0.29, 0.717) is 39.9 Å². The molecule has 3 aromatic rings. The van der Waals surface area contributed by atoms with Crippen molar-refractivity contribution in [3.8, 4) is 11.5 Å². The van der Waals surface area contributed by atoms with Crippen molar-refractivity contribution in [3.05, 3.63) is 94.0 Å². The molecule has 0 saturated carbocycles. The van der Waals surface area contributed by atoms with Crippen LogP contribution in [0.25, 0.3) is 5.76 Å². The van der Waals surface area contributed by atoms with Crippen molar-refractivity contribution in [3.63, 3.8) is 0 Å². The van der Waals surface area contributed by atoms with E-state index < -0.39 is 17.7 Å². The van der Waals surface area contributed by atoms with Crippen LogP contribution in [0.15, 0.2) is 72.3 Å². The number of carbonyl (C=O) groups excluding carboxylic acids is 2. The molecule has 1 unspecified atom stereocenters. The largest absolute Gasteiger partial charge is 0.507 e. The van der Waals surface area contributed by atoms with Crippen LogP contribution < -0.4 is 14.4 Å². The minimum atomic E-state index is -0.854. The van der Waals surface area contributed by atoms with Crippen LogP contribution in [0.5, 0.6) is 11.5 Å². The lowest BCUT2D eigenvalue weighted by Gasteiger charge is -2.27. The molecule has 0 radical (unpaired) electrons. The topological polar surface area (TPSA) is 76.1 Å². The fourth-order valence-electron chi connectivity index (χ4n) is 4.43. The van der Waals surface area contributed by atoms with Crippen LogP contribution >= 0.6 is 11.6 Å². The molecule has 1 aliphatic heterocycles. The Labute approximate surface area is 222 Å². The molecule has 0 aliphatic carbocycles. The van der Waals surface area contributed by atoms with Crippen LogP contribution in [0.4, 0.5) is 5.69 Å². The van der Waals surface area contributed by atoms with Gasteiger partial charge in [0.05, 0.1) is 30.4 Å². The normalized spacial score (nSPS) is 17.2. The molecule has 1 N–H and O–H groups in total. The quantitative estimate of drug-likeness (QED) is 0.223. The maximum atomic E-state index is 13.5. The predicted octanol–water partition coefficient (Wildman–Crippen LogP) is 6.67. The Morgan fingerprint density at radius 2 is 1.73 bits per heavy atom. The molecular weight excluding hydrogens is 490 g/mol. The van der Waals surface area contributed by atoms with Crippen molar-refractivity contribution in [1.82, 2.24) is 0 Å². The van der Waals surface area contributed by atoms with Gasteiger partial charge in [0, 0.05) is 17.3 Å². The maximum absolute atomic E-state index is 13.5. The van der Waals surface area contributed by atoms with Gasteiger partial charge in [-0.2, -0.15) is 0 Å². The molecule has 0 spiro atoms. The number of ketones is 1. The van der Waals surface area contributed by atoms with Gasteiger partial charge in [-0.3, -0.25) is 14.5 Å². The standard InChI is InChI=1S/C30H30ClNO5/c1-6-37-22-9-7-8-21(17-22)32-26(18-10-13-20(14-11-18)30(2,3)4)25(28(34)29(32)35)27(33)19-12-15-23(31)24(16-19)36-5/h7-17,26,33H,6H2,1-5H3/b27-25+. The first-order chi connectivity index (χ1) is 17.6. The monoisotopic (exact) mass is 519 g/mol. The van der Waals surface area contributed by atoms with Gasteiger partial charge < -0.3 is 14.6 Å². The number of benzene rings is 3. The molecule has 1 aliphatic rings. The summed E-state index contributed by atoms with van der Waals surface area (Å²) in [5.74, 6) is -0.901. The smallest absolute Gasteiger partial charge is 0.300 e. The summed E-state index contributed by atoms with van der Waals surface area (Å²) in [5, 5.41) is 11.8. The zero-order valence-electron chi connectivity index (χ0n) is 21.5. The van der Waals surface area contributed by atoms with E-state index in [4.69, 9.17) is 21.1 Å². The van der Waals surface area contributed by atoms with Crippen LogP contribution in [0.2, 0.25) is 5.02 Å². The van der Waals surface area contributed by atoms with Gasteiger partial charge in [0.25, 0.3) is 11.7 Å². The first-order valence-corrected chi connectivity index (χ1v) is 12.4. The van der Waals surface area contributed by atoms with Crippen molar-refractivity contribution in [1.29, 1.82) is 0 Å². The molecule has 192 valence electrons. The van der Waals surface area contributed by atoms with E-state index in [0.717, 1.165) is 5.56 Å². The van der Waals surface area contributed by atoms with Crippen molar-refractivity contribution >= 4 is 34.7 Å². The second-order valence-corrected chi connectivity index (χ2v) is 10.2. The van der Waals surface area contributed by atoms with E-state index >= 15 is 0 Å². The second-order valence-electron chi connectivity index (χ2n) is 9.82. The van der Waals surface area contributed by atoms with Gasteiger partial charge in [-0.05, 0) is 53.8 Å². The molecule has 1 amide bonds. The predicted molar refractivity (Wildman–Crippen MR) is 146 cm³/mol. The Morgan fingerprint density at radius 3 is 2.35 bits per heavy atom. The molecule has 1 atom stereocenters. The number of carbonyl (C=O) groups is 2. The molecule has 7 heteroatoms. The van der Waals surface area contributed by atoms with E-state index in [9.17, 15) is 14.7 Å². The fourth-order valence-corrected chi connectivity index (χ4v) is 4.63. The van der Waals surface area contributed by atoms with Crippen LogP contribution in [0.3, 0.4) is 0 Å². The Morgan fingerprint density at radius 1 is 1.03 bits per heavy atom. The molecule has 1 saturated heterocycles. The molecule has 1 heterocycles. The summed E-state index contributed by atoms with van der Waals surface area (Å²) in [4.78, 5) is 28.3. The Balaban J connectivity index is 1.93. The molecule has 3 aromatic carbocycles. The fraction of sp³-hybridized carbons (Fsp3) is 0.267. The SMILES string of the molecule is CCOc1cccc(N2C(=O)C(=O)/C(=C(/O)c3ccc(Cl)c(OC)c3)C2c2ccc(C(C)(C)C)cc2)c1. The highest BCUT2D eigenvalue weighted by atomic mass is 35.5. The number of nitrogens with zero attached hydrogens (tertiary/aromatic N) is 1. The highest BCUT2D eigenvalue weighted by Gasteiger charge is 2.47. The van der Waals surface area contributed by atoms with E-state index in [1.807, 2.05) is 31.2 Å². The summed E-state index contributed by atoms with van der Waals surface area (Å²) in [5.41, 5.74) is 2.51. The number of hydrogen-bond donors (Lipinski definition) is 1. The first kappa shape index (κ1) is 26.3. The zero-order chi connectivity index (χ0) is 26.9. The highest BCUT2D eigenvalue weighted by Crippen LogP contribution is 2.43. The summed E-state index contributed by atoms with van der Waals surface area (Å²) < 4.78 is 10.9. The third kappa shape index (κ3) is 5.07. The van der Waals surface area contributed by atoms with E-state index in [-0.39, 0.29) is 16.7 Å². The Hall–Kier alpha value is -3.77. The first-order valence-electron chi connectivity index (χ1n) is 12.0. The summed E-state index contributed by atoms with van der Waals surface area (Å²) in [6, 6.07) is 18.6. The Kier molecular flexibility index (Phi) is 7.32. The number of Topliss-reactive ketones (excluding diaryl/α,β-unsaturated/α-hetero) is 1. The average molecular weight is 520 g/mol. The molecule has 0 bridgehead atoms. The third-order valence-electron chi connectivity index (χ3n) is 6.37. The van der Waals surface area contributed by atoms with Crippen molar-refractivity contribution in [2.75, 3.05) is 18.6 Å². The number of aliphatic hydroxyl groups is 1. The maximum Gasteiger partial charge on any atom is 0.300 e. The van der Waals surface area contributed by atoms with Crippen molar-refractivity contribution in [2.24, 2.45) is 0 Å². The minimum Gasteiger partial charge on any atom is -0.507 e. The van der Waals surface area contributed by atoms with Gasteiger partial charge >= 0.3 is 0 Å². The second kappa shape index (κ2) is 10.3. The zero-order valence-corrected chi connectivity index (χ0v) is 22.3. The molecule has 6 nitrogen and oxygen atoms in total. The lowest BCUT2D eigenvalue weighted by molar-refractivity contribution is -0.132. The van der Waals surface area contributed by atoms with Gasteiger partial charge in [0.15, 0.2) is 0 Å². The van der Waals surface area contributed by atoms with E-state index in [1.165, 1.54) is 12.0 Å². The van der Waals surface area contributed by atoms with Crippen LogP contribution in [0.1, 0.15) is 50.4 Å². The number of aliphatic hydroxyl groups excluding tert-OH is 1. The van der Waals surface area contributed by atoms with E-state index in [1.54, 1.807) is 42.5 Å². The van der Waals surface area contributed by atoms with Crippen molar-refractivity contribution in [2.45, 2.75) is 39.2 Å². The van der Waals surface area contributed by atoms with Gasteiger partial charge in [0.1, 0.15) is 17.3 Å². The molecule has 4 rings (SSSR count). The molecule has 1 fully saturated rings. The summed E-state index contributed by atoms with van der Waals surface area (Å²) in [6.07, 6.45) is 0. The van der Waals surface area contributed by atoms with Crippen molar-refractivity contribution < 1.29 is 24.2 Å². The Bertz CT molecular complexity index is 1370. The van der Waals surface area contributed by atoms with Crippen LogP contribution in [-0.4, -0.2) is 30.5 Å². The third-order valence-corrected chi connectivity index (χ3v) is 6.68. The number of ether oxygens (including phenoxy) is 2. The van der Waals surface area contributed by atoms with Gasteiger partial charge in [0.2, 0.25) is 0 Å². The van der Waals surface area contributed by atoms with Gasteiger partial charge in [-0.25, -0.2) is 0 Å².